The van der Waals surface area contributed by atoms with E-state index in [1.807, 2.05) is 0 Å². The first kappa shape index (κ1) is 18.2. The number of ether oxygens (including phenoxy) is 2. The molecule has 12 heteroatoms. The molecule has 0 spiro atoms. The Morgan fingerprint density at radius 2 is 2.08 bits per heavy atom. The van der Waals surface area contributed by atoms with Crippen molar-refractivity contribution in [2.45, 2.75) is 30.7 Å². The molecule has 3 N–H and O–H groups in total. The average Bonchev–Trinajstić information content (AvgIpc) is 2.55. The van der Waals surface area contributed by atoms with Crippen molar-refractivity contribution in [2.75, 3.05) is 6.54 Å². The Morgan fingerprint density at radius 3 is 2.67 bits per heavy atom. The zero-order valence-corrected chi connectivity index (χ0v) is 12.7. The van der Waals surface area contributed by atoms with Gasteiger partial charge in [0.1, 0.15) is 24.1 Å². The number of aliphatic hydroxyl groups excluding tert-OH is 3. The summed E-state index contributed by atoms with van der Waals surface area (Å²) < 4.78 is 10.6. The number of hydrogen-bond donors (Lipinski definition) is 3. The second-order valence-corrected chi connectivity index (χ2v) is 5.33. The third-order valence-electron chi connectivity index (χ3n) is 3.36. The van der Waals surface area contributed by atoms with Crippen LogP contribution in [0.2, 0.25) is 5.02 Å². The lowest BCUT2D eigenvalue weighted by molar-refractivity contribution is -0.384. The van der Waals surface area contributed by atoms with Crippen LogP contribution in [0.5, 0.6) is 5.75 Å². The number of nitro benzene ring substituents is 1. The summed E-state index contributed by atoms with van der Waals surface area (Å²) in [6.45, 7) is -0.296. The number of nitro groups is 1. The molecule has 130 valence electrons. The maximum Gasteiger partial charge on any atom is 0.271 e. The molecule has 0 aliphatic carbocycles. The summed E-state index contributed by atoms with van der Waals surface area (Å²) in [6, 6.07) is 3.39. The first-order chi connectivity index (χ1) is 11.3. The van der Waals surface area contributed by atoms with Crippen LogP contribution < -0.4 is 4.74 Å². The molecule has 1 aromatic rings. The van der Waals surface area contributed by atoms with Crippen LogP contribution in [-0.4, -0.2) is 57.5 Å². The van der Waals surface area contributed by atoms with Crippen LogP contribution in [0.1, 0.15) is 0 Å². The van der Waals surface area contributed by atoms with Crippen molar-refractivity contribution in [3.05, 3.63) is 43.8 Å². The van der Waals surface area contributed by atoms with Crippen molar-refractivity contribution in [2.24, 2.45) is 5.11 Å². The minimum atomic E-state index is -1.62. The molecule has 2 rings (SSSR count). The molecule has 0 unspecified atom stereocenters. The molecule has 5 atom stereocenters. The van der Waals surface area contributed by atoms with Gasteiger partial charge in [-0.3, -0.25) is 10.1 Å². The summed E-state index contributed by atoms with van der Waals surface area (Å²) in [4.78, 5) is 12.6. The maximum atomic E-state index is 10.7. The van der Waals surface area contributed by atoms with Gasteiger partial charge in [-0.2, -0.15) is 0 Å². The molecule has 24 heavy (non-hydrogen) atoms. The van der Waals surface area contributed by atoms with E-state index in [4.69, 9.17) is 26.6 Å². The van der Waals surface area contributed by atoms with Crippen molar-refractivity contribution in [1.29, 1.82) is 0 Å². The fourth-order valence-electron chi connectivity index (χ4n) is 2.11. The number of non-ortho nitro benzene ring substituents is 1. The third kappa shape index (κ3) is 3.85. The largest absolute Gasteiger partial charge is 0.460 e. The SMILES string of the molecule is [N-]=[N+]=NC[C@H]1O[C@@H](Oc2ccc([N+](=O)[O-])cc2Cl)[C@H](O)[C@@H](O)[C@@H]1O. The molecule has 1 saturated heterocycles. The average molecular weight is 361 g/mol. The lowest BCUT2D eigenvalue weighted by atomic mass is 9.99. The van der Waals surface area contributed by atoms with Gasteiger partial charge in [-0.25, -0.2) is 0 Å². The second kappa shape index (κ2) is 7.62. The first-order valence-corrected chi connectivity index (χ1v) is 7.04. The van der Waals surface area contributed by atoms with Gasteiger partial charge in [0.2, 0.25) is 6.29 Å². The lowest BCUT2D eigenvalue weighted by Gasteiger charge is -2.39. The molecule has 1 aliphatic heterocycles. The fraction of sp³-hybridized carbons (Fsp3) is 0.500. The Bertz CT molecular complexity index is 669. The molecule has 1 heterocycles. The number of rotatable bonds is 5. The molecule has 0 aromatic heterocycles. The Labute approximate surface area is 139 Å². The summed E-state index contributed by atoms with van der Waals surface area (Å²) in [5, 5.41) is 43.4. The summed E-state index contributed by atoms with van der Waals surface area (Å²) in [5.41, 5.74) is 8.06. The van der Waals surface area contributed by atoms with E-state index >= 15 is 0 Å². The molecule has 0 radical (unpaired) electrons. The Balaban J connectivity index is 2.18. The van der Waals surface area contributed by atoms with Gasteiger partial charge in [0.15, 0.2) is 0 Å². The summed E-state index contributed by atoms with van der Waals surface area (Å²) >= 11 is 5.88. The smallest absolute Gasteiger partial charge is 0.271 e. The van der Waals surface area contributed by atoms with Crippen LogP contribution in [0.25, 0.3) is 10.4 Å². The molecular formula is C12H13ClN4O7. The highest BCUT2D eigenvalue weighted by Crippen LogP contribution is 2.32. The van der Waals surface area contributed by atoms with Gasteiger partial charge in [0.05, 0.1) is 22.6 Å². The maximum absolute atomic E-state index is 10.7. The van der Waals surface area contributed by atoms with Crippen molar-refractivity contribution >= 4 is 17.3 Å². The Morgan fingerprint density at radius 1 is 1.38 bits per heavy atom. The molecule has 0 bridgehead atoms. The standard InChI is InChI=1S/C12H13ClN4O7/c13-6-3-5(17(21)22)1-2-7(6)23-12-11(20)10(19)9(18)8(24-12)4-15-16-14/h1-3,8-12,18-20H,4H2/t8-,9-,10+,11-,12-/m1/s1. The van der Waals surface area contributed by atoms with Crippen LogP contribution >= 0.6 is 11.6 Å². The van der Waals surface area contributed by atoms with Gasteiger partial charge in [-0.15, -0.1) is 0 Å². The van der Waals surface area contributed by atoms with E-state index in [2.05, 4.69) is 10.0 Å². The molecular weight excluding hydrogens is 348 g/mol. The van der Waals surface area contributed by atoms with Crippen molar-refractivity contribution in [3.8, 4) is 5.75 Å². The van der Waals surface area contributed by atoms with Gasteiger partial charge < -0.3 is 24.8 Å². The number of aliphatic hydroxyl groups is 3. The van der Waals surface area contributed by atoms with Crippen LogP contribution in [0, 0.1) is 10.1 Å². The number of azide groups is 1. The quantitative estimate of drug-likeness (QED) is 0.228. The summed E-state index contributed by atoms with van der Waals surface area (Å²) in [7, 11) is 0. The van der Waals surface area contributed by atoms with Gasteiger partial charge >= 0.3 is 0 Å². The fourth-order valence-corrected chi connectivity index (χ4v) is 2.33. The van der Waals surface area contributed by atoms with Crippen LogP contribution in [-0.2, 0) is 4.74 Å². The van der Waals surface area contributed by atoms with Gasteiger partial charge in [0, 0.05) is 17.0 Å². The van der Waals surface area contributed by atoms with Crippen LogP contribution in [0.4, 0.5) is 5.69 Å². The lowest BCUT2D eigenvalue weighted by Crippen LogP contribution is -2.59. The third-order valence-corrected chi connectivity index (χ3v) is 3.66. The first-order valence-electron chi connectivity index (χ1n) is 6.66. The monoisotopic (exact) mass is 360 g/mol. The van der Waals surface area contributed by atoms with E-state index in [9.17, 15) is 25.4 Å². The van der Waals surface area contributed by atoms with E-state index < -0.39 is 35.6 Å². The number of nitrogens with zero attached hydrogens (tertiary/aromatic N) is 4. The molecule has 11 nitrogen and oxygen atoms in total. The highest BCUT2D eigenvalue weighted by Gasteiger charge is 2.44. The van der Waals surface area contributed by atoms with Crippen molar-refractivity contribution < 1.29 is 29.7 Å². The highest BCUT2D eigenvalue weighted by atomic mass is 35.5. The second-order valence-electron chi connectivity index (χ2n) is 4.92. The van der Waals surface area contributed by atoms with Gasteiger partial charge in [0.25, 0.3) is 5.69 Å². The number of hydrogen-bond acceptors (Lipinski definition) is 8. The van der Waals surface area contributed by atoms with E-state index in [1.54, 1.807) is 0 Å². The molecule has 1 aliphatic rings. The predicted molar refractivity (Wildman–Crippen MR) is 79.4 cm³/mol. The van der Waals surface area contributed by atoms with Gasteiger partial charge in [-0.1, -0.05) is 16.7 Å². The zero-order chi connectivity index (χ0) is 17.9. The Kier molecular flexibility index (Phi) is 5.78. The summed E-state index contributed by atoms with van der Waals surface area (Å²) in [5.74, 6) is -0.0301. The van der Waals surface area contributed by atoms with E-state index in [0.29, 0.717) is 0 Å². The minimum Gasteiger partial charge on any atom is -0.460 e. The molecule has 0 amide bonds. The predicted octanol–water partition coefficient (Wildman–Crippen LogP) is 0.745. The molecule has 1 aromatic carbocycles. The normalized spacial score (nSPS) is 29.6. The minimum absolute atomic E-state index is 0.0301. The van der Waals surface area contributed by atoms with Crippen molar-refractivity contribution in [3.63, 3.8) is 0 Å². The van der Waals surface area contributed by atoms with E-state index in [-0.39, 0.29) is 23.0 Å². The van der Waals surface area contributed by atoms with Crippen LogP contribution in [0.15, 0.2) is 23.3 Å². The van der Waals surface area contributed by atoms with E-state index in [0.717, 1.165) is 12.1 Å². The molecule has 1 fully saturated rings. The van der Waals surface area contributed by atoms with Crippen molar-refractivity contribution in [1.82, 2.24) is 0 Å². The highest BCUT2D eigenvalue weighted by molar-refractivity contribution is 6.32. The Hall–Kier alpha value is -2.14. The number of halogens is 1. The zero-order valence-electron chi connectivity index (χ0n) is 12.0. The molecule has 0 saturated carbocycles. The number of benzene rings is 1. The van der Waals surface area contributed by atoms with E-state index in [1.165, 1.54) is 6.07 Å². The van der Waals surface area contributed by atoms with Crippen LogP contribution in [0.3, 0.4) is 0 Å². The summed E-state index contributed by atoms with van der Waals surface area (Å²) in [6.07, 6.45) is -7.26. The van der Waals surface area contributed by atoms with Gasteiger partial charge in [-0.05, 0) is 11.6 Å². The topological polar surface area (TPSA) is 171 Å².